The lowest BCUT2D eigenvalue weighted by atomic mass is 10.0. The molecule has 0 aromatic heterocycles. The summed E-state index contributed by atoms with van der Waals surface area (Å²) in [6.45, 7) is 8.43. The van der Waals surface area contributed by atoms with Crippen molar-refractivity contribution in [3.63, 3.8) is 0 Å². The van der Waals surface area contributed by atoms with Crippen LogP contribution in [0, 0.1) is 0 Å². The van der Waals surface area contributed by atoms with E-state index in [1.165, 1.54) is 327 Å². The smallest absolute Gasteiger partial charge is 0.394 e. The Morgan fingerprint density at radius 1 is 0.239 bits per heavy atom. The summed E-state index contributed by atoms with van der Waals surface area (Å²) in [5.74, 6) is -1.03. The first kappa shape index (κ1) is 111. The van der Waals surface area contributed by atoms with Gasteiger partial charge < -0.3 is 64.4 Å². The Hall–Kier alpha value is -1.77. The molecule has 9 N–H and O–H groups in total. The highest BCUT2D eigenvalue weighted by Gasteiger charge is 2.49. The number of amides is 3. The van der Waals surface area contributed by atoms with E-state index in [9.17, 15) is 45.0 Å². The number of carbonyl (C=O) groups is 3. The zero-order valence-electron chi connectivity index (χ0n) is 76.0. The molecule has 0 atom stereocenters. The molecule has 0 bridgehead atoms. The Balaban J connectivity index is 7.24. The normalized spacial score (nSPS) is 12.4. The molecule has 3 amide bonds. The van der Waals surface area contributed by atoms with E-state index in [1.54, 1.807) is 0 Å². The number of rotatable bonds is 94. The summed E-state index contributed by atoms with van der Waals surface area (Å²) in [7, 11) is -2.07. The molecule has 113 heavy (non-hydrogen) atoms. The molecular weight excluding hydrogens is 1430 g/mol. The predicted molar refractivity (Wildman–Crippen MR) is 481 cm³/mol. The van der Waals surface area contributed by atoms with Crippen LogP contribution in [0.25, 0.3) is 0 Å². The standard InChI is InChI=1S/C96H194N4O12Si/c1-7-12-17-22-27-32-37-40-42-44-47-52-57-62-67-72-78-100(6,79-73-68-63-58-53-48-45-43-41-38-33-28-23-18-13-8-2)80-74-81-113(110-88-94(82-101,83-102)97-91(107)75-69-64-59-54-49-35-30-25-20-15-10-4,111-89-95(84-103,85-104)98-92(108)76-70-65-60-55-50-36-31-26-21-16-11-5)112-90-96(86-105,87-106)99-93(109)77-71-66-61-56-51-46-39-34-29-24-19-14-9-3/h101-106H,7-90H2,1-6H3,(H2-,97,98,99,107,108,109)/p+1. The summed E-state index contributed by atoms with van der Waals surface area (Å²) >= 11 is 0. The van der Waals surface area contributed by atoms with Crippen molar-refractivity contribution < 1.29 is 62.8 Å². The number of quaternary nitrogens is 1. The number of nitrogens with one attached hydrogen (secondary N) is 3. The van der Waals surface area contributed by atoms with Gasteiger partial charge in [0.1, 0.15) is 16.6 Å². The van der Waals surface area contributed by atoms with Gasteiger partial charge in [-0.05, 0) is 44.9 Å². The highest BCUT2D eigenvalue weighted by atomic mass is 28.4. The van der Waals surface area contributed by atoms with Gasteiger partial charge in [-0.3, -0.25) is 14.4 Å². The van der Waals surface area contributed by atoms with Gasteiger partial charge in [0.25, 0.3) is 0 Å². The predicted octanol–water partition coefficient (Wildman–Crippen LogP) is 23.7. The maximum Gasteiger partial charge on any atom is 0.501 e. The summed E-state index contributed by atoms with van der Waals surface area (Å²) in [6.07, 6.45) is 82.7. The minimum absolute atomic E-state index is 0.137. The molecule has 0 aliphatic rings. The molecule has 0 aliphatic carbocycles. The van der Waals surface area contributed by atoms with Gasteiger partial charge in [-0.1, -0.05) is 420 Å². The average molecular weight is 1630 g/mol. The lowest BCUT2D eigenvalue weighted by Gasteiger charge is -2.41. The minimum atomic E-state index is -4.43. The van der Waals surface area contributed by atoms with E-state index < -0.39 is 84.9 Å². The minimum Gasteiger partial charge on any atom is -0.394 e. The number of nitrogens with zero attached hydrogens (tertiary/aromatic N) is 1. The first-order valence-corrected chi connectivity index (χ1v) is 51.4. The molecule has 0 fully saturated rings. The quantitative estimate of drug-likeness (QED) is 0.0157. The van der Waals surface area contributed by atoms with Crippen LogP contribution in [0.2, 0.25) is 6.04 Å². The number of hydrogen-bond acceptors (Lipinski definition) is 12. The van der Waals surface area contributed by atoms with E-state index in [2.05, 4.69) is 57.6 Å². The molecule has 0 aliphatic heterocycles. The number of carbonyl (C=O) groups excluding carboxylic acids is 3. The van der Waals surface area contributed by atoms with Crippen LogP contribution >= 0.6 is 0 Å². The van der Waals surface area contributed by atoms with Crippen molar-refractivity contribution in [2.24, 2.45) is 0 Å². The molecule has 0 radical (unpaired) electrons. The molecule has 0 saturated carbocycles. The fourth-order valence-electron chi connectivity index (χ4n) is 16.2. The Bertz CT molecular complexity index is 1920. The largest absolute Gasteiger partial charge is 0.501 e. The van der Waals surface area contributed by atoms with Crippen LogP contribution in [0.4, 0.5) is 0 Å². The zero-order chi connectivity index (χ0) is 82.9. The van der Waals surface area contributed by atoms with Crippen molar-refractivity contribution >= 4 is 26.5 Å². The van der Waals surface area contributed by atoms with Crippen LogP contribution in [-0.2, 0) is 27.7 Å². The average Bonchev–Trinajstić information content (AvgIpc) is 0.808. The molecule has 0 aromatic rings. The highest BCUT2D eigenvalue weighted by molar-refractivity contribution is 6.60. The van der Waals surface area contributed by atoms with Crippen LogP contribution in [0.1, 0.15) is 490 Å². The number of aliphatic hydroxyl groups is 6. The third-order valence-electron chi connectivity index (χ3n) is 24.5. The van der Waals surface area contributed by atoms with Gasteiger partial charge in [0.15, 0.2) is 0 Å². The lowest BCUT2D eigenvalue weighted by Crippen LogP contribution is -2.65. The van der Waals surface area contributed by atoms with Gasteiger partial charge in [-0.2, -0.15) is 0 Å². The third kappa shape index (κ3) is 66.6. The number of hydrogen-bond donors (Lipinski definition) is 9. The molecule has 0 rings (SSSR count). The van der Waals surface area contributed by atoms with Crippen molar-refractivity contribution in [2.75, 3.05) is 86.1 Å². The second-order valence-corrected chi connectivity index (χ2v) is 38.8. The van der Waals surface area contributed by atoms with E-state index in [4.69, 9.17) is 13.3 Å². The molecule has 16 nitrogen and oxygen atoms in total. The molecule has 0 spiro atoms. The number of unbranched alkanes of at least 4 members (excludes halogenated alkanes) is 62. The van der Waals surface area contributed by atoms with E-state index in [-0.39, 0.29) is 43.0 Å². The fraction of sp³-hybridized carbons (Fsp3) is 0.969. The Labute approximate surface area is 700 Å². The lowest BCUT2D eigenvalue weighted by molar-refractivity contribution is -0.910. The van der Waals surface area contributed by atoms with Crippen molar-refractivity contribution in [2.45, 2.75) is 513 Å². The van der Waals surface area contributed by atoms with Gasteiger partial charge in [0.05, 0.1) is 86.1 Å². The van der Waals surface area contributed by atoms with Gasteiger partial charge in [-0.15, -0.1) is 0 Å². The molecular formula is C96H195N4O12Si+. The third-order valence-corrected chi connectivity index (χ3v) is 27.3. The highest BCUT2D eigenvalue weighted by Crippen LogP contribution is 2.29. The SMILES string of the molecule is CCCCCCCCCCCCCCCCCC[N+](C)(CCCCCCCCCCCCCCCCCC)CCC[Si](OCC(CO)(CO)NC(=O)CCCCCCCCCCCCC)(OCC(CO)(CO)NC(=O)CCCCCCCCCCCCC)OCC(CO)(CO)NC(=O)CCCCCCCCCCCCCCC. The van der Waals surface area contributed by atoms with Crippen LogP contribution in [0.15, 0.2) is 0 Å². The van der Waals surface area contributed by atoms with Crippen LogP contribution in [-0.4, -0.2) is 164 Å². The van der Waals surface area contributed by atoms with Crippen LogP contribution in [0.3, 0.4) is 0 Å². The van der Waals surface area contributed by atoms with Gasteiger partial charge in [-0.25, -0.2) is 0 Å². The van der Waals surface area contributed by atoms with Crippen LogP contribution < -0.4 is 16.0 Å². The van der Waals surface area contributed by atoms with Crippen LogP contribution in [0.5, 0.6) is 0 Å². The van der Waals surface area contributed by atoms with Gasteiger partial charge in [0.2, 0.25) is 17.7 Å². The Morgan fingerprint density at radius 2 is 0.389 bits per heavy atom. The summed E-state index contributed by atoms with van der Waals surface area (Å²) in [4.78, 5) is 42.0. The second-order valence-electron chi connectivity index (χ2n) is 36.0. The first-order valence-electron chi connectivity index (χ1n) is 49.5. The summed E-state index contributed by atoms with van der Waals surface area (Å²) in [5.41, 5.74) is -5.11. The zero-order valence-corrected chi connectivity index (χ0v) is 77.0. The topological polar surface area (TPSA) is 236 Å². The Kier molecular flexibility index (Phi) is 80.0. The maximum absolute atomic E-state index is 14.0. The summed E-state index contributed by atoms with van der Waals surface area (Å²) in [5, 5.41) is 76.9. The molecule has 674 valence electrons. The van der Waals surface area contributed by atoms with E-state index in [1.807, 2.05) is 0 Å². The first-order chi connectivity index (χ1) is 55.2. The molecule has 0 saturated heterocycles. The molecule has 0 aromatic carbocycles. The van der Waals surface area contributed by atoms with Crippen molar-refractivity contribution in [1.29, 1.82) is 0 Å². The molecule has 17 heteroatoms. The fourth-order valence-corrected chi connectivity index (χ4v) is 19.0. The van der Waals surface area contributed by atoms with Gasteiger partial charge >= 0.3 is 8.80 Å². The van der Waals surface area contributed by atoms with E-state index >= 15 is 0 Å². The monoisotopic (exact) mass is 1620 g/mol. The maximum atomic E-state index is 14.0. The van der Waals surface area contributed by atoms with E-state index in [0.29, 0.717) is 32.2 Å². The van der Waals surface area contributed by atoms with E-state index in [0.717, 1.165) is 101 Å². The summed E-state index contributed by atoms with van der Waals surface area (Å²) < 4.78 is 22.0. The molecule has 0 unspecified atom stereocenters. The van der Waals surface area contributed by atoms with Crippen molar-refractivity contribution in [3.05, 3.63) is 0 Å². The molecule has 0 heterocycles. The van der Waals surface area contributed by atoms with Crippen molar-refractivity contribution in [3.8, 4) is 0 Å². The van der Waals surface area contributed by atoms with Crippen molar-refractivity contribution in [1.82, 2.24) is 16.0 Å². The number of aliphatic hydroxyl groups excluding tert-OH is 6. The summed E-state index contributed by atoms with van der Waals surface area (Å²) in [6, 6.07) is 0.137. The Morgan fingerprint density at radius 3 is 0.558 bits per heavy atom. The van der Waals surface area contributed by atoms with Gasteiger partial charge in [0, 0.05) is 31.7 Å². The second kappa shape index (κ2) is 81.2.